The van der Waals surface area contributed by atoms with E-state index >= 15 is 0 Å². The quantitative estimate of drug-likeness (QED) is 0.653. The molecule has 1 N–H and O–H groups in total. The first-order valence-corrected chi connectivity index (χ1v) is 10.0. The van der Waals surface area contributed by atoms with Gasteiger partial charge in [0.25, 0.3) is 0 Å². The van der Waals surface area contributed by atoms with E-state index in [0.29, 0.717) is 0 Å². The van der Waals surface area contributed by atoms with Gasteiger partial charge in [0.1, 0.15) is 4.83 Å². The lowest BCUT2D eigenvalue weighted by molar-refractivity contribution is -0.138. The van der Waals surface area contributed by atoms with Crippen molar-refractivity contribution in [3.63, 3.8) is 0 Å². The molecule has 1 unspecified atom stereocenters. The Morgan fingerprint density at radius 3 is 2.54 bits per heavy atom. The predicted octanol–water partition coefficient (Wildman–Crippen LogP) is 5.65. The molecule has 1 aliphatic rings. The summed E-state index contributed by atoms with van der Waals surface area (Å²) in [5.41, 5.74) is 6.48. The first-order chi connectivity index (χ1) is 12.5. The minimum atomic E-state index is -0.799. The van der Waals surface area contributed by atoms with Crippen LogP contribution in [-0.2, 0) is 17.6 Å². The maximum Gasteiger partial charge on any atom is 0.310 e. The molecular formula is C22H23NO2S. The third-order valence-electron chi connectivity index (χ3n) is 5.47. The van der Waals surface area contributed by atoms with Crippen LogP contribution < -0.4 is 0 Å². The van der Waals surface area contributed by atoms with E-state index in [2.05, 4.69) is 31.2 Å². The summed E-state index contributed by atoms with van der Waals surface area (Å²) in [7, 11) is 0. The number of carboxylic acids is 1. The van der Waals surface area contributed by atoms with Gasteiger partial charge in [0.15, 0.2) is 0 Å². The highest BCUT2D eigenvalue weighted by Crippen LogP contribution is 2.44. The van der Waals surface area contributed by atoms with E-state index in [-0.39, 0.29) is 0 Å². The summed E-state index contributed by atoms with van der Waals surface area (Å²) in [6.45, 7) is 5.80. The van der Waals surface area contributed by atoms with Crippen LogP contribution in [0.3, 0.4) is 0 Å². The average Bonchev–Trinajstić information content (AvgIpc) is 2.98. The number of carbonyl (C=O) groups is 1. The number of thiophene rings is 1. The van der Waals surface area contributed by atoms with E-state index in [0.717, 1.165) is 40.1 Å². The second-order valence-corrected chi connectivity index (χ2v) is 8.39. The molecule has 0 spiro atoms. The number of benzene rings is 1. The van der Waals surface area contributed by atoms with Crippen molar-refractivity contribution in [3.05, 3.63) is 51.5 Å². The smallest absolute Gasteiger partial charge is 0.310 e. The lowest BCUT2D eigenvalue weighted by Gasteiger charge is -2.19. The molecule has 2 heterocycles. The topological polar surface area (TPSA) is 50.2 Å². The van der Waals surface area contributed by atoms with Crippen molar-refractivity contribution in [1.82, 2.24) is 4.98 Å². The van der Waals surface area contributed by atoms with Crippen molar-refractivity contribution < 1.29 is 9.90 Å². The maximum absolute atomic E-state index is 11.8. The number of hydrogen-bond acceptors (Lipinski definition) is 3. The molecule has 0 saturated heterocycles. The Labute approximate surface area is 157 Å². The highest BCUT2D eigenvalue weighted by Gasteiger charge is 2.27. The second kappa shape index (κ2) is 6.51. The minimum absolute atomic E-state index is 0.581. The number of aromatic nitrogens is 1. The summed E-state index contributed by atoms with van der Waals surface area (Å²) in [5, 5.41) is 10.9. The van der Waals surface area contributed by atoms with Gasteiger partial charge in [-0.15, -0.1) is 11.3 Å². The summed E-state index contributed by atoms with van der Waals surface area (Å²) in [4.78, 5) is 19.2. The third kappa shape index (κ3) is 2.73. The fraction of sp³-hybridized carbons (Fsp3) is 0.364. The lowest BCUT2D eigenvalue weighted by Crippen LogP contribution is -2.12. The summed E-state index contributed by atoms with van der Waals surface area (Å²) in [5.74, 6) is -1.38. The summed E-state index contributed by atoms with van der Waals surface area (Å²) in [6.07, 6.45) is 4.62. The van der Waals surface area contributed by atoms with Gasteiger partial charge in [0.05, 0.1) is 5.92 Å². The van der Waals surface area contributed by atoms with Crippen molar-refractivity contribution in [2.45, 2.75) is 52.4 Å². The molecule has 134 valence electrons. The molecule has 1 atom stereocenters. The van der Waals surface area contributed by atoms with Crippen LogP contribution in [-0.4, -0.2) is 16.1 Å². The molecule has 0 aliphatic heterocycles. The Morgan fingerprint density at radius 2 is 1.85 bits per heavy atom. The normalized spacial score (nSPS) is 15.0. The van der Waals surface area contributed by atoms with Crippen LogP contribution in [0.25, 0.3) is 21.3 Å². The van der Waals surface area contributed by atoms with Crippen LogP contribution in [0.1, 0.15) is 52.9 Å². The van der Waals surface area contributed by atoms with Crippen LogP contribution >= 0.6 is 11.3 Å². The molecule has 0 bridgehead atoms. The van der Waals surface area contributed by atoms with Gasteiger partial charge >= 0.3 is 5.97 Å². The molecule has 1 aliphatic carbocycles. The zero-order valence-corrected chi connectivity index (χ0v) is 16.2. The Hall–Kier alpha value is -2.20. The monoisotopic (exact) mass is 365 g/mol. The largest absolute Gasteiger partial charge is 0.481 e. The summed E-state index contributed by atoms with van der Waals surface area (Å²) < 4.78 is 0. The molecule has 0 amide bonds. The Morgan fingerprint density at radius 1 is 1.15 bits per heavy atom. The van der Waals surface area contributed by atoms with Crippen molar-refractivity contribution in [2.75, 3.05) is 0 Å². The van der Waals surface area contributed by atoms with E-state index in [1.54, 1.807) is 18.3 Å². The second-order valence-electron chi connectivity index (χ2n) is 7.30. The van der Waals surface area contributed by atoms with Gasteiger partial charge < -0.3 is 5.11 Å². The molecular weight excluding hydrogens is 342 g/mol. The number of aliphatic carboxylic acids is 1. The zero-order chi connectivity index (χ0) is 18.4. The molecule has 1 aromatic carbocycles. The Bertz CT molecular complexity index is 1000. The molecule has 3 nitrogen and oxygen atoms in total. The van der Waals surface area contributed by atoms with Gasteiger partial charge in [0.2, 0.25) is 0 Å². The van der Waals surface area contributed by atoms with Crippen molar-refractivity contribution in [3.8, 4) is 11.1 Å². The van der Waals surface area contributed by atoms with Gasteiger partial charge in [-0.1, -0.05) is 29.8 Å². The van der Waals surface area contributed by atoms with Crippen LogP contribution in [0, 0.1) is 13.8 Å². The molecule has 4 rings (SSSR count). The molecule has 26 heavy (non-hydrogen) atoms. The van der Waals surface area contributed by atoms with Crippen LogP contribution in [0.15, 0.2) is 24.3 Å². The van der Waals surface area contributed by atoms with Crippen molar-refractivity contribution >= 4 is 27.5 Å². The number of carboxylic acid groups (broad SMARTS) is 1. The van der Waals surface area contributed by atoms with Crippen LogP contribution in [0.5, 0.6) is 0 Å². The van der Waals surface area contributed by atoms with Gasteiger partial charge in [-0.3, -0.25) is 4.79 Å². The number of nitrogens with zero attached hydrogens (tertiary/aromatic N) is 1. The molecule has 0 radical (unpaired) electrons. The third-order valence-corrected chi connectivity index (χ3v) is 6.66. The van der Waals surface area contributed by atoms with Gasteiger partial charge in [0, 0.05) is 16.0 Å². The van der Waals surface area contributed by atoms with Crippen molar-refractivity contribution in [1.29, 1.82) is 0 Å². The van der Waals surface area contributed by atoms with E-state index in [1.807, 2.05) is 6.92 Å². The lowest BCUT2D eigenvalue weighted by atomic mass is 9.85. The van der Waals surface area contributed by atoms with Gasteiger partial charge in [-0.2, -0.15) is 0 Å². The molecule has 2 aromatic heterocycles. The highest BCUT2D eigenvalue weighted by atomic mass is 32.1. The predicted molar refractivity (Wildman–Crippen MR) is 107 cm³/mol. The molecule has 0 saturated carbocycles. The van der Waals surface area contributed by atoms with E-state index in [4.69, 9.17) is 4.98 Å². The number of aryl methyl sites for hydroxylation is 4. The first-order valence-electron chi connectivity index (χ1n) is 9.22. The number of hydrogen-bond donors (Lipinski definition) is 1. The standard InChI is InChI=1S/C22H23NO2S/c1-12-8-10-15(11-9-12)19-18(13(2)22(24)25)14(3)23-21-20(19)16-6-4-5-7-17(16)26-21/h8-11,13H,4-7H2,1-3H3,(H,24,25). The van der Waals surface area contributed by atoms with E-state index in [1.165, 1.54) is 34.2 Å². The zero-order valence-electron chi connectivity index (χ0n) is 15.4. The fourth-order valence-electron chi connectivity index (χ4n) is 4.09. The Balaban J connectivity index is 2.11. The first kappa shape index (κ1) is 17.2. The molecule has 4 heteroatoms. The highest BCUT2D eigenvalue weighted by molar-refractivity contribution is 7.19. The van der Waals surface area contributed by atoms with Gasteiger partial charge in [-0.05, 0) is 68.7 Å². The van der Waals surface area contributed by atoms with Gasteiger partial charge in [-0.25, -0.2) is 4.98 Å². The van der Waals surface area contributed by atoms with Crippen LogP contribution in [0.2, 0.25) is 0 Å². The van der Waals surface area contributed by atoms with Crippen molar-refractivity contribution in [2.24, 2.45) is 0 Å². The number of fused-ring (bicyclic) bond motifs is 3. The van der Waals surface area contributed by atoms with E-state index in [9.17, 15) is 9.90 Å². The average molecular weight is 365 g/mol. The maximum atomic E-state index is 11.8. The van der Waals surface area contributed by atoms with Crippen LogP contribution in [0.4, 0.5) is 0 Å². The minimum Gasteiger partial charge on any atom is -0.481 e. The summed E-state index contributed by atoms with van der Waals surface area (Å²) >= 11 is 1.80. The fourth-order valence-corrected chi connectivity index (χ4v) is 5.41. The van der Waals surface area contributed by atoms with E-state index < -0.39 is 11.9 Å². The SMILES string of the molecule is Cc1ccc(-c2c(C(C)C(=O)O)c(C)nc3sc4c(c23)CCCC4)cc1. The molecule has 3 aromatic rings. The molecule has 0 fully saturated rings. The number of rotatable bonds is 3. The number of pyridine rings is 1. The Kier molecular flexibility index (Phi) is 4.31. The summed E-state index contributed by atoms with van der Waals surface area (Å²) in [6, 6.07) is 8.44.